The van der Waals surface area contributed by atoms with Gasteiger partial charge >= 0.3 is 11.9 Å². The highest BCUT2D eigenvalue weighted by atomic mass is 16.5. The fourth-order valence-electron chi connectivity index (χ4n) is 2.56. The summed E-state index contributed by atoms with van der Waals surface area (Å²) in [6, 6.07) is 7.46. The second kappa shape index (κ2) is 10.8. The van der Waals surface area contributed by atoms with E-state index in [1.54, 1.807) is 6.07 Å². The Hall–Kier alpha value is -1.84. The van der Waals surface area contributed by atoms with Gasteiger partial charge in [-0.25, -0.2) is 0 Å². The Balaban J connectivity index is 2.12. The van der Waals surface area contributed by atoms with Gasteiger partial charge in [-0.15, -0.1) is 0 Å². The Morgan fingerprint density at radius 1 is 0.958 bits per heavy atom. The number of rotatable bonds is 10. The van der Waals surface area contributed by atoms with Gasteiger partial charge in [-0.1, -0.05) is 38.5 Å². The van der Waals surface area contributed by atoms with Gasteiger partial charge in [0.2, 0.25) is 0 Å². The normalized spacial score (nSPS) is 12.0. The molecule has 0 aliphatic rings. The molecule has 0 aliphatic carbocycles. The highest BCUT2D eigenvalue weighted by Gasteiger charge is 2.11. The summed E-state index contributed by atoms with van der Waals surface area (Å²) in [5.74, 6) is 0.764. The molecule has 0 heterocycles. The van der Waals surface area contributed by atoms with Crippen LogP contribution in [0.3, 0.4) is 0 Å². The summed E-state index contributed by atoms with van der Waals surface area (Å²) < 4.78 is 10.7. The molecule has 1 aromatic carbocycles. The van der Waals surface area contributed by atoms with Crippen LogP contribution in [-0.4, -0.2) is 18.0 Å². The SMILES string of the molecule is Cc1ccccc1OC(=O)CCCCCC(=O)OC(C)CC(C)C. The molecule has 24 heavy (non-hydrogen) atoms. The number of hydrogen-bond acceptors (Lipinski definition) is 4. The Morgan fingerprint density at radius 3 is 2.21 bits per heavy atom. The van der Waals surface area contributed by atoms with Crippen LogP contribution in [0.4, 0.5) is 0 Å². The maximum atomic E-state index is 11.8. The molecule has 0 radical (unpaired) electrons. The van der Waals surface area contributed by atoms with Crippen molar-refractivity contribution in [3.63, 3.8) is 0 Å². The lowest BCUT2D eigenvalue weighted by Crippen LogP contribution is -2.16. The van der Waals surface area contributed by atoms with Crippen LogP contribution in [0, 0.1) is 12.8 Å². The predicted octanol–water partition coefficient (Wildman–Crippen LogP) is 4.83. The van der Waals surface area contributed by atoms with E-state index in [0.717, 1.165) is 31.2 Å². The van der Waals surface area contributed by atoms with E-state index in [2.05, 4.69) is 13.8 Å². The molecule has 0 fully saturated rings. The molecule has 0 aliphatic heterocycles. The summed E-state index contributed by atoms with van der Waals surface area (Å²) in [7, 11) is 0. The minimum atomic E-state index is -0.225. The molecule has 4 nitrogen and oxygen atoms in total. The molecule has 1 rings (SSSR count). The van der Waals surface area contributed by atoms with Gasteiger partial charge in [0.1, 0.15) is 5.75 Å². The molecule has 0 saturated heterocycles. The third-order valence-electron chi connectivity index (χ3n) is 3.72. The number of carbonyl (C=O) groups is 2. The monoisotopic (exact) mass is 334 g/mol. The highest BCUT2D eigenvalue weighted by Crippen LogP contribution is 2.17. The number of carbonyl (C=O) groups excluding carboxylic acids is 2. The summed E-state index contributed by atoms with van der Waals surface area (Å²) in [4.78, 5) is 23.5. The first-order valence-corrected chi connectivity index (χ1v) is 8.84. The Labute approximate surface area is 145 Å². The van der Waals surface area contributed by atoms with Crippen molar-refractivity contribution in [1.82, 2.24) is 0 Å². The van der Waals surface area contributed by atoms with Crippen molar-refractivity contribution in [1.29, 1.82) is 0 Å². The molecule has 0 aromatic heterocycles. The zero-order chi connectivity index (χ0) is 17.9. The zero-order valence-corrected chi connectivity index (χ0v) is 15.3. The van der Waals surface area contributed by atoms with Crippen LogP contribution >= 0.6 is 0 Å². The third-order valence-corrected chi connectivity index (χ3v) is 3.72. The van der Waals surface area contributed by atoms with E-state index in [1.165, 1.54) is 0 Å². The van der Waals surface area contributed by atoms with Gasteiger partial charge in [-0.05, 0) is 50.7 Å². The lowest BCUT2D eigenvalue weighted by molar-refractivity contribution is -0.149. The van der Waals surface area contributed by atoms with Gasteiger partial charge in [0.05, 0.1) is 6.10 Å². The average molecular weight is 334 g/mol. The van der Waals surface area contributed by atoms with Crippen LogP contribution in [0.1, 0.15) is 64.9 Å². The predicted molar refractivity (Wildman–Crippen MR) is 94.9 cm³/mol. The number of hydrogen-bond donors (Lipinski definition) is 0. The summed E-state index contributed by atoms with van der Waals surface area (Å²) in [6.45, 7) is 8.06. The minimum Gasteiger partial charge on any atom is -0.463 e. The van der Waals surface area contributed by atoms with Gasteiger partial charge in [0, 0.05) is 12.8 Å². The largest absolute Gasteiger partial charge is 0.463 e. The third kappa shape index (κ3) is 8.70. The van der Waals surface area contributed by atoms with Crippen molar-refractivity contribution in [2.24, 2.45) is 5.92 Å². The van der Waals surface area contributed by atoms with Crippen LogP contribution in [0.25, 0.3) is 0 Å². The molecule has 0 N–H and O–H groups in total. The second-order valence-corrected chi connectivity index (χ2v) is 6.73. The molecule has 1 unspecified atom stereocenters. The Morgan fingerprint density at radius 2 is 1.58 bits per heavy atom. The Bertz CT molecular complexity index is 522. The van der Waals surface area contributed by atoms with Gasteiger partial charge in [-0.3, -0.25) is 9.59 Å². The quantitative estimate of drug-likeness (QED) is 0.349. The van der Waals surface area contributed by atoms with E-state index >= 15 is 0 Å². The summed E-state index contributed by atoms with van der Waals surface area (Å²) in [5.41, 5.74) is 0.948. The molecule has 1 aromatic rings. The van der Waals surface area contributed by atoms with Crippen molar-refractivity contribution in [3.8, 4) is 5.75 Å². The summed E-state index contributed by atoms with van der Waals surface area (Å²) >= 11 is 0. The van der Waals surface area contributed by atoms with E-state index in [1.807, 2.05) is 32.0 Å². The topological polar surface area (TPSA) is 52.6 Å². The molecule has 0 saturated carbocycles. The van der Waals surface area contributed by atoms with Crippen molar-refractivity contribution in [2.75, 3.05) is 0 Å². The standard InChI is InChI=1S/C20H30O4/c1-15(2)14-17(4)23-19(21)12-6-5-7-13-20(22)24-18-11-9-8-10-16(18)3/h8-11,15,17H,5-7,12-14H2,1-4H3. The van der Waals surface area contributed by atoms with E-state index in [9.17, 15) is 9.59 Å². The first kappa shape index (κ1) is 20.2. The summed E-state index contributed by atoms with van der Waals surface area (Å²) in [5, 5.41) is 0. The molecular weight excluding hydrogens is 304 g/mol. The van der Waals surface area contributed by atoms with Gasteiger partial charge in [0.15, 0.2) is 0 Å². The first-order valence-electron chi connectivity index (χ1n) is 8.84. The van der Waals surface area contributed by atoms with Crippen LogP contribution in [0.5, 0.6) is 5.75 Å². The molecule has 0 spiro atoms. The molecule has 4 heteroatoms. The molecular formula is C20H30O4. The number of esters is 2. The highest BCUT2D eigenvalue weighted by molar-refractivity contribution is 5.72. The van der Waals surface area contributed by atoms with Crippen molar-refractivity contribution in [2.45, 2.75) is 72.3 Å². The van der Waals surface area contributed by atoms with E-state index in [4.69, 9.17) is 9.47 Å². The zero-order valence-electron chi connectivity index (χ0n) is 15.3. The van der Waals surface area contributed by atoms with Crippen LogP contribution in [-0.2, 0) is 14.3 Å². The number of unbranched alkanes of at least 4 members (excludes halogenated alkanes) is 2. The van der Waals surface area contributed by atoms with Crippen molar-refractivity contribution in [3.05, 3.63) is 29.8 Å². The molecule has 1 atom stereocenters. The number of aryl methyl sites for hydroxylation is 1. The van der Waals surface area contributed by atoms with E-state index in [-0.39, 0.29) is 18.0 Å². The fraction of sp³-hybridized carbons (Fsp3) is 0.600. The second-order valence-electron chi connectivity index (χ2n) is 6.73. The Kier molecular flexibility index (Phi) is 9.13. The smallest absolute Gasteiger partial charge is 0.311 e. The summed E-state index contributed by atoms with van der Waals surface area (Å²) in [6.07, 6.45) is 3.92. The number of ether oxygens (including phenoxy) is 2. The van der Waals surface area contributed by atoms with Crippen LogP contribution < -0.4 is 4.74 Å². The van der Waals surface area contributed by atoms with Crippen molar-refractivity contribution >= 4 is 11.9 Å². The van der Waals surface area contributed by atoms with Crippen LogP contribution in [0.2, 0.25) is 0 Å². The van der Waals surface area contributed by atoms with Gasteiger partial charge < -0.3 is 9.47 Å². The lowest BCUT2D eigenvalue weighted by atomic mass is 10.1. The van der Waals surface area contributed by atoms with E-state index in [0.29, 0.717) is 24.5 Å². The number of para-hydroxylation sites is 1. The van der Waals surface area contributed by atoms with Gasteiger partial charge in [-0.2, -0.15) is 0 Å². The maximum Gasteiger partial charge on any atom is 0.311 e. The molecule has 0 amide bonds. The lowest BCUT2D eigenvalue weighted by Gasteiger charge is -2.15. The van der Waals surface area contributed by atoms with Crippen molar-refractivity contribution < 1.29 is 19.1 Å². The minimum absolute atomic E-state index is 0.0263. The maximum absolute atomic E-state index is 11.8. The molecule has 0 bridgehead atoms. The molecule has 134 valence electrons. The fourth-order valence-corrected chi connectivity index (χ4v) is 2.56. The van der Waals surface area contributed by atoms with E-state index < -0.39 is 0 Å². The average Bonchev–Trinajstić information content (AvgIpc) is 2.48. The van der Waals surface area contributed by atoms with Crippen LogP contribution in [0.15, 0.2) is 24.3 Å². The first-order chi connectivity index (χ1) is 11.4. The number of benzene rings is 1. The van der Waals surface area contributed by atoms with Gasteiger partial charge in [0.25, 0.3) is 0 Å².